The number of esters is 1. The van der Waals surface area contributed by atoms with Crippen LogP contribution in [0, 0.1) is 11.6 Å². The van der Waals surface area contributed by atoms with Gasteiger partial charge < -0.3 is 14.8 Å². The summed E-state index contributed by atoms with van der Waals surface area (Å²) in [5.41, 5.74) is -0.0349. The highest BCUT2D eigenvalue weighted by molar-refractivity contribution is 5.91. The van der Waals surface area contributed by atoms with Gasteiger partial charge in [-0.1, -0.05) is 18.2 Å². The molecule has 0 saturated carbocycles. The minimum absolute atomic E-state index is 0.196. The van der Waals surface area contributed by atoms with Crippen LogP contribution in [0.15, 0.2) is 42.5 Å². The van der Waals surface area contributed by atoms with E-state index < -0.39 is 35.7 Å². The molecule has 0 fully saturated rings. The standard InChI is InChI=1S/C17H15F2NO4/c1-23-12-5-2-4-11(8-12)9-20-15(21)10-24-17(22)16-13(18)6-3-7-14(16)19/h2-8H,9-10H2,1H3,(H,20,21). The summed E-state index contributed by atoms with van der Waals surface area (Å²) in [5.74, 6) is -3.28. The quantitative estimate of drug-likeness (QED) is 0.824. The molecule has 0 aliphatic heterocycles. The van der Waals surface area contributed by atoms with E-state index in [1.165, 1.54) is 7.11 Å². The fourth-order valence-corrected chi connectivity index (χ4v) is 1.93. The fraction of sp³-hybridized carbons (Fsp3) is 0.176. The van der Waals surface area contributed by atoms with Crippen LogP contribution in [0.5, 0.6) is 5.75 Å². The second-order valence-corrected chi connectivity index (χ2v) is 4.80. The summed E-state index contributed by atoms with van der Waals surface area (Å²) in [5, 5.41) is 2.53. The third-order valence-corrected chi connectivity index (χ3v) is 3.13. The van der Waals surface area contributed by atoms with E-state index in [0.717, 1.165) is 23.8 Å². The lowest BCUT2D eigenvalue weighted by molar-refractivity contribution is -0.124. The molecule has 7 heteroatoms. The van der Waals surface area contributed by atoms with E-state index in [1.807, 2.05) is 0 Å². The Morgan fingerprint density at radius 1 is 1.08 bits per heavy atom. The van der Waals surface area contributed by atoms with Crippen molar-refractivity contribution in [3.63, 3.8) is 0 Å². The molecule has 2 rings (SSSR count). The van der Waals surface area contributed by atoms with Crippen LogP contribution in [-0.4, -0.2) is 25.6 Å². The SMILES string of the molecule is COc1cccc(CNC(=O)COC(=O)c2c(F)cccc2F)c1. The van der Waals surface area contributed by atoms with Crippen LogP contribution in [0.2, 0.25) is 0 Å². The predicted molar refractivity (Wildman–Crippen MR) is 81.5 cm³/mol. The second kappa shape index (κ2) is 8.05. The number of benzene rings is 2. The molecule has 0 heterocycles. The van der Waals surface area contributed by atoms with Gasteiger partial charge in [0.25, 0.3) is 5.91 Å². The first-order valence-corrected chi connectivity index (χ1v) is 7.02. The molecule has 0 radical (unpaired) electrons. The molecule has 24 heavy (non-hydrogen) atoms. The largest absolute Gasteiger partial charge is 0.497 e. The first-order valence-electron chi connectivity index (χ1n) is 7.02. The molecule has 1 N–H and O–H groups in total. The number of amides is 1. The Kier molecular flexibility index (Phi) is 5.83. The molecule has 0 bridgehead atoms. The van der Waals surface area contributed by atoms with E-state index in [-0.39, 0.29) is 6.54 Å². The molecular formula is C17H15F2NO4. The van der Waals surface area contributed by atoms with Crippen LogP contribution in [0.3, 0.4) is 0 Å². The van der Waals surface area contributed by atoms with Crippen molar-refractivity contribution in [3.8, 4) is 5.75 Å². The van der Waals surface area contributed by atoms with Gasteiger partial charge in [0.15, 0.2) is 6.61 Å². The molecule has 5 nitrogen and oxygen atoms in total. The molecule has 0 aromatic heterocycles. The third-order valence-electron chi connectivity index (χ3n) is 3.13. The average molecular weight is 335 g/mol. The van der Waals surface area contributed by atoms with Gasteiger partial charge in [0.2, 0.25) is 0 Å². The highest BCUT2D eigenvalue weighted by Gasteiger charge is 2.19. The minimum Gasteiger partial charge on any atom is -0.497 e. The Morgan fingerprint density at radius 2 is 1.75 bits per heavy atom. The van der Waals surface area contributed by atoms with Crippen molar-refractivity contribution >= 4 is 11.9 Å². The Morgan fingerprint density at radius 3 is 2.42 bits per heavy atom. The Bertz CT molecular complexity index is 729. The van der Waals surface area contributed by atoms with Gasteiger partial charge in [-0.25, -0.2) is 13.6 Å². The first-order chi connectivity index (χ1) is 11.5. The number of rotatable bonds is 6. The number of carbonyl (C=O) groups is 2. The summed E-state index contributed by atoms with van der Waals surface area (Å²) in [6, 6.07) is 10.0. The number of ether oxygens (including phenoxy) is 2. The number of methoxy groups -OCH3 is 1. The summed E-state index contributed by atoms with van der Waals surface area (Å²) in [4.78, 5) is 23.3. The lowest BCUT2D eigenvalue weighted by Gasteiger charge is -2.08. The summed E-state index contributed by atoms with van der Waals surface area (Å²) in [7, 11) is 1.53. The molecule has 0 aliphatic carbocycles. The van der Waals surface area contributed by atoms with Gasteiger partial charge in [-0.15, -0.1) is 0 Å². The maximum atomic E-state index is 13.4. The minimum atomic E-state index is -1.23. The van der Waals surface area contributed by atoms with Crippen molar-refractivity contribution in [2.45, 2.75) is 6.54 Å². The normalized spacial score (nSPS) is 10.1. The smallest absolute Gasteiger partial charge is 0.344 e. The van der Waals surface area contributed by atoms with Crippen molar-refractivity contribution < 1.29 is 27.8 Å². The molecule has 0 unspecified atom stereocenters. The Hall–Kier alpha value is -2.96. The Balaban J connectivity index is 1.85. The highest BCUT2D eigenvalue weighted by atomic mass is 19.1. The number of carbonyl (C=O) groups excluding carboxylic acids is 2. The van der Waals surface area contributed by atoms with Crippen molar-refractivity contribution in [2.24, 2.45) is 0 Å². The lowest BCUT2D eigenvalue weighted by atomic mass is 10.2. The van der Waals surface area contributed by atoms with Gasteiger partial charge in [0.05, 0.1) is 7.11 Å². The number of nitrogens with one attached hydrogen (secondary N) is 1. The zero-order chi connectivity index (χ0) is 17.5. The van der Waals surface area contributed by atoms with Crippen molar-refractivity contribution in [2.75, 3.05) is 13.7 Å². The zero-order valence-electron chi connectivity index (χ0n) is 12.8. The first kappa shape index (κ1) is 17.4. The topological polar surface area (TPSA) is 64.6 Å². The lowest BCUT2D eigenvalue weighted by Crippen LogP contribution is -2.28. The van der Waals surface area contributed by atoms with Crippen LogP contribution in [0.4, 0.5) is 8.78 Å². The van der Waals surface area contributed by atoms with E-state index in [4.69, 9.17) is 4.74 Å². The van der Waals surface area contributed by atoms with Crippen LogP contribution >= 0.6 is 0 Å². The monoisotopic (exact) mass is 335 g/mol. The molecule has 1 amide bonds. The number of halogens is 2. The van der Waals surface area contributed by atoms with Crippen molar-refractivity contribution in [1.82, 2.24) is 5.32 Å². The van der Waals surface area contributed by atoms with Gasteiger partial charge in [0, 0.05) is 6.54 Å². The van der Waals surface area contributed by atoms with Crippen molar-refractivity contribution in [1.29, 1.82) is 0 Å². The molecule has 2 aromatic rings. The molecular weight excluding hydrogens is 320 g/mol. The molecule has 2 aromatic carbocycles. The third kappa shape index (κ3) is 4.52. The molecule has 0 spiro atoms. The maximum absolute atomic E-state index is 13.4. The van der Waals surface area contributed by atoms with Gasteiger partial charge >= 0.3 is 5.97 Å². The maximum Gasteiger partial charge on any atom is 0.344 e. The molecule has 0 aliphatic rings. The highest BCUT2D eigenvalue weighted by Crippen LogP contribution is 2.13. The fourth-order valence-electron chi connectivity index (χ4n) is 1.93. The zero-order valence-corrected chi connectivity index (χ0v) is 12.8. The molecule has 0 saturated heterocycles. The second-order valence-electron chi connectivity index (χ2n) is 4.80. The van der Waals surface area contributed by atoms with E-state index in [9.17, 15) is 18.4 Å². The van der Waals surface area contributed by atoms with Crippen LogP contribution in [0.1, 0.15) is 15.9 Å². The van der Waals surface area contributed by atoms with E-state index in [1.54, 1.807) is 24.3 Å². The van der Waals surface area contributed by atoms with Gasteiger partial charge in [0.1, 0.15) is 22.9 Å². The molecule has 0 atom stereocenters. The van der Waals surface area contributed by atoms with Crippen LogP contribution in [-0.2, 0) is 16.1 Å². The summed E-state index contributed by atoms with van der Waals surface area (Å²) < 4.78 is 36.5. The number of hydrogen-bond donors (Lipinski definition) is 1. The predicted octanol–water partition coefficient (Wildman–Crippen LogP) is 2.45. The summed E-state index contributed by atoms with van der Waals surface area (Å²) in [6.07, 6.45) is 0. The van der Waals surface area contributed by atoms with Crippen molar-refractivity contribution in [3.05, 3.63) is 65.2 Å². The van der Waals surface area contributed by atoms with Crippen LogP contribution in [0.25, 0.3) is 0 Å². The summed E-state index contributed by atoms with van der Waals surface area (Å²) in [6.45, 7) is -0.446. The van der Waals surface area contributed by atoms with Gasteiger partial charge in [-0.05, 0) is 29.8 Å². The Labute approximate surface area is 137 Å². The van der Waals surface area contributed by atoms with Crippen LogP contribution < -0.4 is 10.1 Å². The van der Waals surface area contributed by atoms with Gasteiger partial charge in [-0.3, -0.25) is 4.79 Å². The van der Waals surface area contributed by atoms with E-state index in [2.05, 4.69) is 10.1 Å². The molecule has 126 valence electrons. The van der Waals surface area contributed by atoms with E-state index in [0.29, 0.717) is 5.75 Å². The van der Waals surface area contributed by atoms with E-state index >= 15 is 0 Å². The average Bonchev–Trinajstić information content (AvgIpc) is 2.58. The van der Waals surface area contributed by atoms with Gasteiger partial charge in [-0.2, -0.15) is 0 Å². The number of hydrogen-bond acceptors (Lipinski definition) is 4. The summed E-state index contributed by atoms with van der Waals surface area (Å²) >= 11 is 0.